The topological polar surface area (TPSA) is 81.8 Å². The second-order valence-corrected chi connectivity index (χ2v) is 6.85. The first-order valence-corrected chi connectivity index (χ1v) is 9.44. The number of rotatable bonds is 5. The third-order valence-corrected chi connectivity index (χ3v) is 4.64. The molecular formula is C20H31NO4. The molecule has 5 nitrogen and oxygen atoms in total. The normalized spacial score (nSPS) is 22.5. The monoisotopic (exact) mass is 349 g/mol. The summed E-state index contributed by atoms with van der Waals surface area (Å²) in [4.78, 5) is 11.2. The van der Waals surface area contributed by atoms with Crippen LogP contribution in [0.1, 0.15) is 56.9 Å². The number of hydrogen-bond donors (Lipinski definition) is 2. The Bertz CT molecular complexity index is 482. The standard InChI is InChI=1S/C14H18O4.C6H13N/c15-14(16)12(10-11-6-2-1-3-7-11)18-13-8-4-5-9-17-13;7-6-4-2-1-3-5-6/h1-3,6-7,12-13H,4-5,8-10H2,(H,15,16);6H,1-5,7H2. The minimum Gasteiger partial charge on any atom is -0.479 e. The molecule has 0 amide bonds. The third-order valence-electron chi connectivity index (χ3n) is 4.64. The summed E-state index contributed by atoms with van der Waals surface area (Å²) in [7, 11) is 0. The zero-order chi connectivity index (χ0) is 17.9. The van der Waals surface area contributed by atoms with Gasteiger partial charge in [0.25, 0.3) is 0 Å². The molecule has 3 rings (SSSR count). The van der Waals surface area contributed by atoms with Gasteiger partial charge in [-0.2, -0.15) is 0 Å². The lowest BCUT2D eigenvalue weighted by molar-refractivity contribution is -0.200. The van der Waals surface area contributed by atoms with E-state index in [1.54, 1.807) is 0 Å². The molecule has 1 aliphatic carbocycles. The average Bonchev–Trinajstić information content (AvgIpc) is 2.64. The van der Waals surface area contributed by atoms with Crippen LogP contribution in [0.5, 0.6) is 0 Å². The SMILES string of the molecule is NC1CCCCC1.O=C(O)C(Cc1ccccc1)OC1CCCCO1. The van der Waals surface area contributed by atoms with Gasteiger partial charge in [0.05, 0.1) is 0 Å². The van der Waals surface area contributed by atoms with E-state index in [1.165, 1.54) is 32.1 Å². The van der Waals surface area contributed by atoms with Crippen molar-refractivity contribution in [1.29, 1.82) is 0 Å². The summed E-state index contributed by atoms with van der Waals surface area (Å²) in [6.07, 6.45) is 8.66. The number of carboxylic acid groups (broad SMARTS) is 1. The van der Waals surface area contributed by atoms with Crippen molar-refractivity contribution in [3.05, 3.63) is 35.9 Å². The van der Waals surface area contributed by atoms with E-state index in [1.807, 2.05) is 30.3 Å². The van der Waals surface area contributed by atoms with Crippen molar-refractivity contribution < 1.29 is 19.4 Å². The van der Waals surface area contributed by atoms with E-state index in [0.29, 0.717) is 19.1 Å². The maximum absolute atomic E-state index is 11.2. The fourth-order valence-corrected chi connectivity index (χ4v) is 3.16. The molecular weight excluding hydrogens is 318 g/mol. The maximum Gasteiger partial charge on any atom is 0.333 e. The molecule has 0 radical (unpaired) electrons. The summed E-state index contributed by atoms with van der Waals surface area (Å²) < 4.78 is 10.9. The minimum absolute atomic E-state index is 0.371. The summed E-state index contributed by atoms with van der Waals surface area (Å²) in [5.41, 5.74) is 6.59. The van der Waals surface area contributed by atoms with Crippen LogP contribution in [-0.4, -0.2) is 36.1 Å². The molecule has 1 saturated carbocycles. The van der Waals surface area contributed by atoms with Crippen LogP contribution >= 0.6 is 0 Å². The molecule has 3 N–H and O–H groups in total. The van der Waals surface area contributed by atoms with Crippen molar-refractivity contribution >= 4 is 5.97 Å². The number of aliphatic carboxylic acids is 1. The van der Waals surface area contributed by atoms with Crippen LogP contribution in [0.2, 0.25) is 0 Å². The average molecular weight is 349 g/mol. The molecule has 1 aromatic rings. The third kappa shape index (κ3) is 7.99. The van der Waals surface area contributed by atoms with Gasteiger partial charge in [-0.3, -0.25) is 0 Å². The van der Waals surface area contributed by atoms with Crippen LogP contribution in [0.15, 0.2) is 30.3 Å². The van der Waals surface area contributed by atoms with Gasteiger partial charge in [0.15, 0.2) is 12.4 Å². The quantitative estimate of drug-likeness (QED) is 0.850. The van der Waals surface area contributed by atoms with Crippen LogP contribution in [0.25, 0.3) is 0 Å². The predicted octanol–water partition coefficient (Wildman–Crippen LogP) is 3.50. The lowest BCUT2D eigenvalue weighted by Gasteiger charge is -2.26. The molecule has 1 saturated heterocycles. The smallest absolute Gasteiger partial charge is 0.333 e. The number of ether oxygens (including phenoxy) is 2. The molecule has 2 atom stereocenters. The maximum atomic E-state index is 11.2. The Hall–Kier alpha value is -1.43. The first-order valence-electron chi connectivity index (χ1n) is 9.44. The molecule has 0 spiro atoms. The second-order valence-electron chi connectivity index (χ2n) is 6.85. The van der Waals surface area contributed by atoms with Gasteiger partial charge in [-0.15, -0.1) is 0 Å². The van der Waals surface area contributed by atoms with E-state index in [9.17, 15) is 9.90 Å². The van der Waals surface area contributed by atoms with Crippen molar-refractivity contribution in [3.8, 4) is 0 Å². The van der Waals surface area contributed by atoms with Gasteiger partial charge in [0.1, 0.15) is 0 Å². The molecule has 2 fully saturated rings. The number of nitrogens with two attached hydrogens (primary N) is 1. The van der Waals surface area contributed by atoms with Gasteiger partial charge in [-0.1, -0.05) is 49.6 Å². The van der Waals surface area contributed by atoms with E-state index in [2.05, 4.69) is 0 Å². The lowest BCUT2D eigenvalue weighted by atomic mass is 9.97. The zero-order valence-corrected chi connectivity index (χ0v) is 14.9. The van der Waals surface area contributed by atoms with Crippen LogP contribution < -0.4 is 5.73 Å². The first-order chi connectivity index (χ1) is 12.1. The minimum atomic E-state index is -0.937. The summed E-state index contributed by atoms with van der Waals surface area (Å²) in [5.74, 6) is -0.937. The summed E-state index contributed by atoms with van der Waals surface area (Å²) in [6.45, 7) is 0.655. The molecule has 0 aromatic heterocycles. The van der Waals surface area contributed by atoms with Crippen molar-refractivity contribution in [2.75, 3.05) is 6.61 Å². The van der Waals surface area contributed by atoms with Crippen molar-refractivity contribution in [2.24, 2.45) is 5.73 Å². The van der Waals surface area contributed by atoms with Crippen molar-refractivity contribution in [1.82, 2.24) is 0 Å². The van der Waals surface area contributed by atoms with Gasteiger partial charge in [0, 0.05) is 19.1 Å². The van der Waals surface area contributed by atoms with Crippen LogP contribution in [0.4, 0.5) is 0 Å². The highest BCUT2D eigenvalue weighted by Gasteiger charge is 2.25. The molecule has 1 aliphatic heterocycles. The van der Waals surface area contributed by atoms with Crippen molar-refractivity contribution in [3.63, 3.8) is 0 Å². The Balaban J connectivity index is 0.000000269. The number of benzene rings is 1. The molecule has 0 bridgehead atoms. The Morgan fingerprint density at radius 3 is 2.32 bits per heavy atom. The van der Waals surface area contributed by atoms with Gasteiger partial charge >= 0.3 is 5.97 Å². The van der Waals surface area contributed by atoms with Crippen LogP contribution in [0, 0.1) is 0 Å². The van der Waals surface area contributed by atoms with Gasteiger partial charge < -0.3 is 20.3 Å². The van der Waals surface area contributed by atoms with Gasteiger partial charge in [-0.25, -0.2) is 4.79 Å². The molecule has 1 aromatic carbocycles. The number of carboxylic acids is 1. The summed E-state index contributed by atoms with van der Waals surface area (Å²) in [6, 6.07) is 10.0. The van der Waals surface area contributed by atoms with E-state index >= 15 is 0 Å². The summed E-state index contributed by atoms with van der Waals surface area (Å²) >= 11 is 0. The van der Waals surface area contributed by atoms with E-state index in [-0.39, 0.29) is 6.29 Å². The highest BCUT2D eigenvalue weighted by atomic mass is 16.7. The fraction of sp³-hybridized carbons (Fsp3) is 0.650. The van der Waals surface area contributed by atoms with E-state index in [0.717, 1.165) is 24.8 Å². The highest BCUT2D eigenvalue weighted by molar-refractivity contribution is 5.72. The largest absolute Gasteiger partial charge is 0.479 e. The molecule has 25 heavy (non-hydrogen) atoms. The van der Waals surface area contributed by atoms with E-state index in [4.69, 9.17) is 15.2 Å². The summed E-state index contributed by atoms with van der Waals surface area (Å²) in [5, 5.41) is 9.18. The second kappa shape index (κ2) is 11.2. The molecule has 140 valence electrons. The van der Waals surface area contributed by atoms with Crippen LogP contribution in [0.3, 0.4) is 0 Å². The van der Waals surface area contributed by atoms with Crippen molar-refractivity contribution in [2.45, 2.75) is 76.2 Å². The zero-order valence-electron chi connectivity index (χ0n) is 14.9. The first kappa shape index (κ1) is 19.9. The number of hydrogen-bond acceptors (Lipinski definition) is 4. The van der Waals surface area contributed by atoms with Gasteiger partial charge in [0.2, 0.25) is 0 Å². The Kier molecular flexibility index (Phi) is 8.94. The van der Waals surface area contributed by atoms with Crippen LogP contribution in [-0.2, 0) is 20.7 Å². The molecule has 5 heteroatoms. The van der Waals surface area contributed by atoms with E-state index < -0.39 is 12.1 Å². The Morgan fingerprint density at radius 1 is 1.12 bits per heavy atom. The number of carbonyl (C=O) groups is 1. The van der Waals surface area contributed by atoms with Gasteiger partial charge in [-0.05, 0) is 37.7 Å². The fourth-order valence-electron chi connectivity index (χ4n) is 3.16. The predicted molar refractivity (Wildman–Crippen MR) is 97.3 cm³/mol. The molecule has 2 unspecified atom stereocenters. The Labute approximate surface area is 150 Å². The Morgan fingerprint density at radius 2 is 1.80 bits per heavy atom. The highest BCUT2D eigenvalue weighted by Crippen LogP contribution is 2.17. The lowest BCUT2D eigenvalue weighted by Crippen LogP contribution is -2.34. The molecule has 2 aliphatic rings. The molecule has 1 heterocycles.